The summed E-state index contributed by atoms with van der Waals surface area (Å²) in [6.45, 7) is 2.18. The zero-order valence-corrected chi connectivity index (χ0v) is 20.6. The molecule has 0 saturated heterocycles. The van der Waals surface area contributed by atoms with E-state index in [0.29, 0.717) is 17.7 Å². The van der Waals surface area contributed by atoms with Gasteiger partial charge in [0.1, 0.15) is 23.0 Å². The maximum absolute atomic E-state index is 14.9. The van der Waals surface area contributed by atoms with Crippen LogP contribution in [0.15, 0.2) is 41.3 Å². The van der Waals surface area contributed by atoms with Gasteiger partial charge < -0.3 is 15.7 Å². The molecule has 37 heavy (non-hydrogen) atoms. The van der Waals surface area contributed by atoms with E-state index in [0.717, 1.165) is 36.8 Å². The van der Waals surface area contributed by atoms with Gasteiger partial charge in [0.15, 0.2) is 5.65 Å². The average molecular weight is 509 g/mol. The molecule has 9 heteroatoms. The highest BCUT2D eigenvalue weighted by molar-refractivity contribution is 5.97. The lowest BCUT2D eigenvalue weighted by atomic mass is 9.62. The number of hydrogen-bond acceptors (Lipinski definition) is 5. The molecule has 2 bridgehead atoms. The van der Waals surface area contributed by atoms with Crippen molar-refractivity contribution in [1.82, 2.24) is 14.9 Å². The second-order valence-corrected chi connectivity index (χ2v) is 11.2. The Hall–Kier alpha value is -3.33. The number of carbonyl (C=O) groups excluding carboxylic acids is 1. The first-order valence-corrected chi connectivity index (χ1v) is 12.9. The van der Waals surface area contributed by atoms with Gasteiger partial charge in [-0.2, -0.15) is 0 Å². The minimum Gasteiger partial charge on any atom is -0.395 e. The minimum atomic E-state index is -0.849. The number of amides is 1. The number of aliphatic hydroxyl groups is 1. The lowest BCUT2D eigenvalue weighted by molar-refractivity contribution is 0.0570. The lowest BCUT2D eigenvalue weighted by Gasteiger charge is -2.46. The van der Waals surface area contributed by atoms with Crippen molar-refractivity contribution in [2.24, 2.45) is 23.7 Å². The van der Waals surface area contributed by atoms with Crippen LogP contribution in [0, 0.1) is 35.3 Å². The fourth-order valence-electron chi connectivity index (χ4n) is 7.14. The number of nitrogens with one attached hydrogen (secondary N) is 2. The Balaban J connectivity index is 1.42. The highest BCUT2D eigenvalue weighted by Crippen LogP contribution is 2.60. The van der Waals surface area contributed by atoms with Gasteiger partial charge in [0.2, 0.25) is 5.43 Å². The van der Waals surface area contributed by atoms with E-state index in [1.807, 2.05) is 0 Å². The summed E-state index contributed by atoms with van der Waals surface area (Å²) in [5.74, 6) is 1.09. The van der Waals surface area contributed by atoms with E-state index in [9.17, 15) is 18.4 Å². The van der Waals surface area contributed by atoms with Gasteiger partial charge in [0.25, 0.3) is 5.91 Å². The summed E-state index contributed by atoms with van der Waals surface area (Å²) in [4.78, 5) is 31.6. The zero-order valence-electron chi connectivity index (χ0n) is 20.6. The number of fused-ring (bicyclic) bond motifs is 2. The molecule has 0 aliphatic heterocycles. The van der Waals surface area contributed by atoms with Crippen LogP contribution in [0.3, 0.4) is 0 Å². The number of halogens is 2. The van der Waals surface area contributed by atoms with Gasteiger partial charge in [-0.25, -0.2) is 13.8 Å². The normalized spacial score (nSPS) is 28.0. The van der Waals surface area contributed by atoms with Crippen molar-refractivity contribution in [3.05, 3.63) is 63.9 Å². The molecule has 2 heterocycles. The highest BCUT2D eigenvalue weighted by atomic mass is 19.1. The molecule has 5 atom stereocenters. The van der Waals surface area contributed by atoms with Gasteiger partial charge in [-0.1, -0.05) is 0 Å². The summed E-state index contributed by atoms with van der Waals surface area (Å²) >= 11 is 0. The van der Waals surface area contributed by atoms with Crippen molar-refractivity contribution >= 4 is 22.8 Å². The van der Waals surface area contributed by atoms with Crippen LogP contribution in [0.1, 0.15) is 49.4 Å². The first-order valence-electron chi connectivity index (χ1n) is 12.9. The first kappa shape index (κ1) is 24.0. The van der Waals surface area contributed by atoms with Crippen LogP contribution >= 0.6 is 0 Å². The molecular formula is C28H30F2N4O3. The predicted octanol–water partition coefficient (Wildman–Crippen LogP) is 4.01. The molecule has 3 aliphatic carbocycles. The van der Waals surface area contributed by atoms with E-state index in [-0.39, 0.29) is 35.4 Å². The van der Waals surface area contributed by atoms with Gasteiger partial charge in [-0.15, -0.1) is 0 Å². The quantitative estimate of drug-likeness (QED) is 0.468. The molecule has 2 aromatic heterocycles. The Morgan fingerprint density at radius 3 is 2.78 bits per heavy atom. The molecule has 194 valence electrons. The molecule has 3 fully saturated rings. The van der Waals surface area contributed by atoms with Crippen LogP contribution in [0.5, 0.6) is 0 Å². The zero-order chi connectivity index (χ0) is 25.9. The van der Waals surface area contributed by atoms with E-state index in [1.54, 1.807) is 6.07 Å². The second kappa shape index (κ2) is 8.90. The highest BCUT2D eigenvalue weighted by Gasteiger charge is 2.53. The van der Waals surface area contributed by atoms with Crippen molar-refractivity contribution in [2.75, 3.05) is 18.5 Å². The van der Waals surface area contributed by atoms with Crippen molar-refractivity contribution < 1.29 is 18.7 Å². The molecule has 3 N–H and O–H groups in total. The average Bonchev–Trinajstić information content (AvgIpc) is 3.11. The monoisotopic (exact) mass is 508 g/mol. The molecular weight excluding hydrogens is 478 g/mol. The van der Waals surface area contributed by atoms with Crippen LogP contribution in [-0.2, 0) is 0 Å². The molecule has 6 rings (SSSR count). The fourth-order valence-corrected chi connectivity index (χ4v) is 7.14. The second-order valence-electron chi connectivity index (χ2n) is 11.2. The molecule has 3 aliphatic rings. The molecule has 0 radical (unpaired) electrons. The van der Waals surface area contributed by atoms with Gasteiger partial charge in [-0.05, 0) is 87.0 Å². The smallest absolute Gasteiger partial charge is 0.257 e. The lowest BCUT2D eigenvalue weighted by Crippen LogP contribution is -2.51. The minimum absolute atomic E-state index is 0.0363. The number of rotatable bonds is 6. The first-order chi connectivity index (χ1) is 17.7. The fraction of sp³-hybridized carbons (Fsp3) is 0.464. The number of benzene rings is 1. The van der Waals surface area contributed by atoms with Crippen LogP contribution < -0.4 is 16.1 Å². The van der Waals surface area contributed by atoms with Crippen molar-refractivity contribution in [2.45, 2.75) is 44.6 Å². The molecule has 5 unspecified atom stereocenters. The third kappa shape index (κ3) is 4.19. The number of aliphatic hydroxyl groups excluding tert-OH is 1. The molecule has 0 spiro atoms. The van der Waals surface area contributed by atoms with Crippen LogP contribution in [-0.4, -0.2) is 39.3 Å². The summed E-state index contributed by atoms with van der Waals surface area (Å²) in [5, 5.41) is 15.4. The SMILES string of the molecule is CC1(NC(=O)c2cn(-c3ccc(F)cc3F)c3nc(NCCO)ccc3c2=O)CC2CC3CC(C1)C3C2. The molecule has 3 saturated carbocycles. The summed E-state index contributed by atoms with van der Waals surface area (Å²) < 4.78 is 29.9. The third-order valence-corrected chi connectivity index (χ3v) is 8.61. The summed E-state index contributed by atoms with van der Waals surface area (Å²) in [6.07, 6.45) is 6.75. The van der Waals surface area contributed by atoms with Gasteiger partial charge >= 0.3 is 0 Å². The van der Waals surface area contributed by atoms with Gasteiger partial charge in [0.05, 0.1) is 17.7 Å². The van der Waals surface area contributed by atoms with E-state index < -0.39 is 28.5 Å². The van der Waals surface area contributed by atoms with E-state index in [1.165, 1.54) is 42.2 Å². The van der Waals surface area contributed by atoms with Crippen molar-refractivity contribution in [1.29, 1.82) is 0 Å². The number of aromatic nitrogens is 2. The number of hydrogen-bond donors (Lipinski definition) is 3. The van der Waals surface area contributed by atoms with Gasteiger partial charge in [0, 0.05) is 24.3 Å². The molecule has 1 amide bonds. The number of nitrogens with zero attached hydrogens (tertiary/aromatic N) is 2. The van der Waals surface area contributed by atoms with Crippen LogP contribution in [0.2, 0.25) is 0 Å². The Morgan fingerprint density at radius 1 is 1.16 bits per heavy atom. The Morgan fingerprint density at radius 2 is 2.00 bits per heavy atom. The molecule has 3 aromatic rings. The maximum Gasteiger partial charge on any atom is 0.257 e. The van der Waals surface area contributed by atoms with E-state index >= 15 is 0 Å². The predicted molar refractivity (Wildman–Crippen MR) is 136 cm³/mol. The number of pyridine rings is 2. The van der Waals surface area contributed by atoms with Crippen LogP contribution in [0.4, 0.5) is 14.6 Å². The maximum atomic E-state index is 14.9. The summed E-state index contributed by atoms with van der Waals surface area (Å²) in [7, 11) is 0. The van der Waals surface area contributed by atoms with Crippen LogP contribution in [0.25, 0.3) is 16.7 Å². The molecule has 1 aromatic carbocycles. The standard InChI is InChI=1S/C28H30F2N4O3/c1-28(12-15-8-16-10-17(13-28)20(16)9-15)33-27(37)21-14-34(23-4-2-18(29)11-22(23)30)26-19(25(21)36)3-5-24(32-26)31-6-7-35/h2-5,11,14-17,20,35H,6-10,12-13H2,1H3,(H,31,32)(H,33,37). The van der Waals surface area contributed by atoms with E-state index in [2.05, 4.69) is 22.5 Å². The Labute approximate surface area is 212 Å². The largest absolute Gasteiger partial charge is 0.395 e. The third-order valence-electron chi connectivity index (χ3n) is 8.61. The van der Waals surface area contributed by atoms with E-state index in [4.69, 9.17) is 5.11 Å². The number of anilines is 1. The summed E-state index contributed by atoms with van der Waals surface area (Å²) in [5.41, 5.74) is -0.957. The van der Waals surface area contributed by atoms with Gasteiger partial charge in [-0.3, -0.25) is 14.2 Å². The topological polar surface area (TPSA) is 96.2 Å². The van der Waals surface area contributed by atoms with Crippen molar-refractivity contribution in [3.8, 4) is 5.69 Å². The number of carbonyl (C=O) groups is 1. The molecule has 7 nitrogen and oxygen atoms in total. The Bertz CT molecular complexity index is 1450. The summed E-state index contributed by atoms with van der Waals surface area (Å²) in [6, 6.07) is 6.22. The Kier molecular flexibility index (Phi) is 5.78. The van der Waals surface area contributed by atoms with Crippen molar-refractivity contribution in [3.63, 3.8) is 0 Å².